The second-order valence-corrected chi connectivity index (χ2v) is 4.71. The van der Waals surface area contributed by atoms with Crippen molar-refractivity contribution in [2.75, 3.05) is 26.2 Å². The Hall–Kier alpha value is -0.120. The molecular formula is C11H24N2O. The molecule has 0 aromatic rings. The summed E-state index contributed by atoms with van der Waals surface area (Å²) in [4.78, 5) is 2.39. The van der Waals surface area contributed by atoms with Crippen LogP contribution in [0.3, 0.4) is 0 Å². The quantitative estimate of drug-likeness (QED) is 0.703. The second-order valence-electron chi connectivity index (χ2n) is 4.71. The lowest BCUT2D eigenvalue weighted by atomic mass is 10.1. The molecule has 2 atom stereocenters. The van der Waals surface area contributed by atoms with E-state index < -0.39 is 0 Å². The normalized spacial score (nSPS) is 27.6. The van der Waals surface area contributed by atoms with Crippen molar-refractivity contribution < 1.29 is 5.11 Å². The van der Waals surface area contributed by atoms with E-state index in [2.05, 4.69) is 31.0 Å². The van der Waals surface area contributed by atoms with Gasteiger partial charge in [-0.15, -0.1) is 0 Å². The molecule has 2 unspecified atom stereocenters. The average molecular weight is 200 g/mol. The van der Waals surface area contributed by atoms with E-state index >= 15 is 0 Å². The van der Waals surface area contributed by atoms with Gasteiger partial charge in [-0.2, -0.15) is 0 Å². The number of rotatable bonds is 3. The van der Waals surface area contributed by atoms with Gasteiger partial charge in [0.05, 0.1) is 6.10 Å². The highest BCUT2D eigenvalue weighted by molar-refractivity contribution is 4.77. The summed E-state index contributed by atoms with van der Waals surface area (Å²) in [6.45, 7) is 10.5. The molecule has 0 aromatic carbocycles. The smallest absolute Gasteiger partial charge is 0.0690 e. The number of aliphatic hydroxyl groups excluding tert-OH is 1. The fourth-order valence-corrected chi connectivity index (χ4v) is 1.79. The summed E-state index contributed by atoms with van der Waals surface area (Å²) >= 11 is 0. The summed E-state index contributed by atoms with van der Waals surface area (Å²) in [6, 6.07) is 0.547. The summed E-state index contributed by atoms with van der Waals surface area (Å²) in [5.74, 6) is 0.360. The maximum absolute atomic E-state index is 9.83. The molecule has 1 heterocycles. The fraction of sp³-hybridized carbons (Fsp3) is 1.00. The number of nitrogens with one attached hydrogen (secondary N) is 1. The van der Waals surface area contributed by atoms with E-state index in [0.717, 1.165) is 26.2 Å². The van der Waals surface area contributed by atoms with Gasteiger partial charge in [0.15, 0.2) is 0 Å². The van der Waals surface area contributed by atoms with Crippen LogP contribution in [0.2, 0.25) is 0 Å². The summed E-state index contributed by atoms with van der Waals surface area (Å²) in [7, 11) is 0. The van der Waals surface area contributed by atoms with Crippen molar-refractivity contribution >= 4 is 0 Å². The first kappa shape index (κ1) is 12.0. The maximum atomic E-state index is 9.83. The van der Waals surface area contributed by atoms with Gasteiger partial charge in [-0.3, -0.25) is 4.90 Å². The summed E-state index contributed by atoms with van der Waals surface area (Å²) in [5, 5.41) is 13.2. The molecule has 0 amide bonds. The van der Waals surface area contributed by atoms with Crippen LogP contribution in [0, 0.1) is 5.92 Å². The van der Waals surface area contributed by atoms with Crippen LogP contribution < -0.4 is 5.32 Å². The number of hydrogen-bond acceptors (Lipinski definition) is 3. The third kappa shape index (κ3) is 3.56. The molecule has 1 saturated heterocycles. The molecule has 1 aliphatic heterocycles. The number of hydrogen-bond donors (Lipinski definition) is 2. The Morgan fingerprint density at radius 1 is 1.50 bits per heavy atom. The van der Waals surface area contributed by atoms with Crippen molar-refractivity contribution in [1.29, 1.82) is 0 Å². The van der Waals surface area contributed by atoms with Crippen LogP contribution in [-0.2, 0) is 0 Å². The minimum absolute atomic E-state index is 0.185. The Labute approximate surface area is 87.5 Å². The van der Waals surface area contributed by atoms with Gasteiger partial charge in [0.25, 0.3) is 0 Å². The molecule has 0 aliphatic carbocycles. The zero-order valence-corrected chi connectivity index (χ0v) is 9.66. The number of aliphatic hydroxyl groups is 1. The van der Waals surface area contributed by atoms with E-state index in [9.17, 15) is 5.11 Å². The molecule has 1 fully saturated rings. The van der Waals surface area contributed by atoms with E-state index in [-0.39, 0.29) is 6.10 Å². The molecule has 0 spiro atoms. The van der Waals surface area contributed by atoms with Gasteiger partial charge < -0.3 is 10.4 Å². The van der Waals surface area contributed by atoms with E-state index in [1.807, 2.05) is 0 Å². The molecule has 2 N–H and O–H groups in total. The summed E-state index contributed by atoms with van der Waals surface area (Å²) in [5.41, 5.74) is 0. The van der Waals surface area contributed by atoms with Crippen molar-refractivity contribution in [2.24, 2.45) is 5.92 Å². The molecule has 84 valence electrons. The highest BCUT2D eigenvalue weighted by atomic mass is 16.3. The van der Waals surface area contributed by atoms with E-state index in [1.54, 1.807) is 0 Å². The summed E-state index contributed by atoms with van der Waals surface area (Å²) < 4.78 is 0. The van der Waals surface area contributed by atoms with Crippen LogP contribution in [0.1, 0.15) is 27.2 Å². The fourth-order valence-electron chi connectivity index (χ4n) is 1.79. The first-order valence-electron chi connectivity index (χ1n) is 5.74. The molecule has 0 aromatic heterocycles. The Balaban J connectivity index is 2.40. The number of nitrogens with zero attached hydrogens (tertiary/aromatic N) is 1. The number of β-amino-alcohol motifs (C(OH)–C–C–N with tert-alkyl or cyclic N) is 1. The van der Waals surface area contributed by atoms with Crippen molar-refractivity contribution in [3.05, 3.63) is 0 Å². The topological polar surface area (TPSA) is 35.5 Å². The van der Waals surface area contributed by atoms with Gasteiger partial charge >= 0.3 is 0 Å². The van der Waals surface area contributed by atoms with Crippen molar-refractivity contribution in [3.63, 3.8) is 0 Å². The van der Waals surface area contributed by atoms with Crippen molar-refractivity contribution in [2.45, 2.75) is 39.3 Å². The summed E-state index contributed by atoms with van der Waals surface area (Å²) in [6.07, 6.45) is 1.00. The van der Waals surface area contributed by atoms with Gasteiger partial charge in [-0.05, 0) is 32.4 Å². The molecule has 0 saturated carbocycles. The third-order valence-electron chi connectivity index (χ3n) is 3.05. The Morgan fingerprint density at radius 2 is 2.21 bits per heavy atom. The Kier molecular flexibility index (Phi) is 4.85. The van der Waals surface area contributed by atoms with Crippen LogP contribution in [0.25, 0.3) is 0 Å². The van der Waals surface area contributed by atoms with Gasteiger partial charge in [-0.1, -0.05) is 13.8 Å². The standard InChI is InChI=1S/C11H24N2O/c1-9(2)11(14)8-13-6-4-5-12-7-10(13)3/h9-12,14H,4-8H2,1-3H3. The van der Waals surface area contributed by atoms with Crippen LogP contribution in [0.4, 0.5) is 0 Å². The molecule has 3 nitrogen and oxygen atoms in total. The Bertz CT molecular complexity index is 161. The first-order chi connectivity index (χ1) is 6.61. The Morgan fingerprint density at radius 3 is 2.86 bits per heavy atom. The lowest BCUT2D eigenvalue weighted by Crippen LogP contribution is -2.43. The third-order valence-corrected chi connectivity index (χ3v) is 3.05. The van der Waals surface area contributed by atoms with Gasteiger partial charge in [0.1, 0.15) is 0 Å². The molecular weight excluding hydrogens is 176 g/mol. The van der Waals surface area contributed by atoms with E-state index in [0.29, 0.717) is 12.0 Å². The zero-order chi connectivity index (χ0) is 10.6. The van der Waals surface area contributed by atoms with Crippen LogP contribution in [-0.4, -0.2) is 48.3 Å². The monoisotopic (exact) mass is 200 g/mol. The first-order valence-corrected chi connectivity index (χ1v) is 5.74. The molecule has 14 heavy (non-hydrogen) atoms. The van der Waals surface area contributed by atoms with Crippen LogP contribution in [0.5, 0.6) is 0 Å². The zero-order valence-electron chi connectivity index (χ0n) is 9.66. The predicted octanol–water partition coefficient (Wildman–Crippen LogP) is 0.687. The van der Waals surface area contributed by atoms with E-state index in [4.69, 9.17) is 0 Å². The molecule has 3 heteroatoms. The highest BCUT2D eigenvalue weighted by Gasteiger charge is 2.20. The molecule has 1 rings (SSSR count). The maximum Gasteiger partial charge on any atom is 0.0690 e. The lowest BCUT2D eigenvalue weighted by Gasteiger charge is -2.30. The largest absolute Gasteiger partial charge is 0.392 e. The minimum atomic E-state index is -0.185. The highest BCUT2D eigenvalue weighted by Crippen LogP contribution is 2.09. The van der Waals surface area contributed by atoms with Crippen LogP contribution in [0.15, 0.2) is 0 Å². The van der Waals surface area contributed by atoms with Crippen molar-refractivity contribution in [3.8, 4) is 0 Å². The van der Waals surface area contributed by atoms with Crippen molar-refractivity contribution in [1.82, 2.24) is 10.2 Å². The SMILES string of the molecule is CC(C)C(O)CN1CCCNCC1C. The van der Waals surface area contributed by atoms with Gasteiger partial charge in [0.2, 0.25) is 0 Å². The van der Waals surface area contributed by atoms with E-state index in [1.165, 1.54) is 6.42 Å². The average Bonchev–Trinajstić information content (AvgIpc) is 2.32. The molecule has 0 bridgehead atoms. The van der Waals surface area contributed by atoms with Gasteiger partial charge in [-0.25, -0.2) is 0 Å². The lowest BCUT2D eigenvalue weighted by molar-refractivity contribution is 0.0639. The van der Waals surface area contributed by atoms with Crippen LogP contribution >= 0.6 is 0 Å². The second kappa shape index (κ2) is 5.69. The molecule has 1 aliphatic rings. The van der Waals surface area contributed by atoms with Gasteiger partial charge in [0, 0.05) is 19.1 Å². The minimum Gasteiger partial charge on any atom is -0.392 e. The molecule has 0 radical (unpaired) electrons. The predicted molar refractivity (Wildman–Crippen MR) is 59.4 cm³/mol.